The number of hydrogen-bond donors (Lipinski definition) is 1. The number of anilines is 1. The van der Waals surface area contributed by atoms with Crippen molar-refractivity contribution in [2.75, 3.05) is 25.0 Å². The van der Waals surface area contributed by atoms with Gasteiger partial charge in [0.2, 0.25) is 10.0 Å². The number of carbonyl (C=O) groups excluding carboxylic acids is 1. The van der Waals surface area contributed by atoms with Crippen LogP contribution in [-0.4, -0.2) is 38.3 Å². The zero-order valence-corrected chi connectivity index (χ0v) is 17.8. The molecule has 0 saturated heterocycles. The SMILES string of the molecule is CCCCOc1ccccc1NC(=O)c1ccc(F)c(S(=O)(=O)N(CC)CC)c1. The normalized spacial score (nSPS) is 11.5. The first-order chi connectivity index (χ1) is 13.8. The molecule has 0 heterocycles. The number of para-hydroxylation sites is 2. The van der Waals surface area contributed by atoms with Crippen LogP contribution < -0.4 is 10.1 Å². The predicted octanol–water partition coefficient (Wildman–Crippen LogP) is 4.29. The van der Waals surface area contributed by atoms with Gasteiger partial charge in [0, 0.05) is 18.7 Å². The van der Waals surface area contributed by atoms with Gasteiger partial charge < -0.3 is 10.1 Å². The van der Waals surface area contributed by atoms with Gasteiger partial charge in [0.15, 0.2) is 0 Å². The molecular formula is C21H27FN2O4S. The number of rotatable bonds is 10. The molecule has 6 nitrogen and oxygen atoms in total. The fourth-order valence-electron chi connectivity index (χ4n) is 2.76. The molecule has 0 aromatic heterocycles. The van der Waals surface area contributed by atoms with Gasteiger partial charge in [-0.1, -0.05) is 39.3 Å². The van der Waals surface area contributed by atoms with Crippen molar-refractivity contribution in [2.24, 2.45) is 0 Å². The van der Waals surface area contributed by atoms with E-state index in [1.807, 2.05) is 0 Å². The van der Waals surface area contributed by atoms with Gasteiger partial charge in [-0.2, -0.15) is 4.31 Å². The molecule has 0 spiro atoms. The Morgan fingerprint density at radius 1 is 1.10 bits per heavy atom. The van der Waals surface area contributed by atoms with Crippen LogP contribution in [0.2, 0.25) is 0 Å². The average molecular weight is 423 g/mol. The van der Waals surface area contributed by atoms with Crippen LogP contribution in [0.4, 0.5) is 10.1 Å². The van der Waals surface area contributed by atoms with E-state index in [4.69, 9.17) is 4.74 Å². The summed E-state index contributed by atoms with van der Waals surface area (Å²) in [4.78, 5) is 12.2. The molecule has 1 N–H and O–H groups in total. The van der Waals surface area contributed by atoms with Crippen molar-refractivity contribution in [1.29, 1.82) is 0 Å². The number of hydrogen-bond acceptors (Lipinski definition) is 4. The molecule has 0 aliphatic carbocycles. The van der Waals surface area contributed by atoms with Crippen LogP contribution in [-0.2, 0) is 10.0 Å². The maximum Gasteiger partial charge on any atom is 0.255 e. The van der Waals surface area contributed by atoms with Gasteiger partial charge in [-0.25, -0.2) is 12.8 Å². The summed E-state index contributed by atoms with van der Waals surface area (Å²) < 4.78 is 46.5. The third-order valence-corrected chi connectivity index (χ3v) is 6.47. The average Bonchev–Trinajstić information content (AvgIpc) is 2.70. The van der Waals surface area contributed by atoms with Crippen LogP contribution in [0, 0.1) is 5.82 Å². The van der Waals surface area contributed by atoms with Gasteiger partial charge in [-0.05, 0) is 36.8 Å². The molecule has 0 bridgehead atoms. The Labute approximate surface area is 171 Å². The summed E-state index contributed by atoms with van der Waals surface area (Å²) in [5, 5.41) is 2.71. The lowest BCUT2D eigenvalue weighted by Crippen LogP contribution is -2.31. The fourth-order valence-corrected chi connectivity index (χ4v) is 4.31. The first-order valence-electron chi connectivity index (χ1n) is 9.68. The van der Waals surface area contributed by atoms with E-state index in [0.717, 1.165) is 29.3 Å². The number of carbonyl (C=O) groups is 1. The van der Waals surface area contributed by atoms with E-state index in [0.29, 0.717) is 18.0 Å². The lowest BCUT2D eigenvalue weighted by molar-refractivity contribution is 0.102. The van der Waals surface area contributed by atoms with Crippen molar-refractivity contribution in [3.05, 3.63) is 53.8 Å². The largest absolute Gasteiger partial charge is 0.491 e. The van der Waals surface area contributed by atoms with E-state index < -0.39 is 26.6 Å². The quantitative estimate of drug-likeness (QED) is 0.580. The minimum Gasteiger partial charge on any atom is -0.491 e. The highest BCUT2D eigenvalue weighted by Gasteiger charge is 2.26. The van der Waals surface area contributed by atoms with Crippen LogP contribution in [0.1, 0.15) is 44.0 Å². The smallest absolute Gasteiger partial charge is 0.255 e. The van der Waals surface area contributed by atoms with E-state index in [9.17, 15) is 17.6 Å². The van der Waals surface area contributed by atoms with Crippen LogP contribution >= 0.6 is 0 Å². The highest BCUT2D eigenvalue weighted by atomic mass is 32.2. The van der Waals surface area contributed by atoms with E-state index in [1.165, 1.54) is 6.07 Å². The number of nitrogens with zero attached hydrogens (tertiary/aromatic N) is 1. The third kappa shape index (κ3) is 5.55. The molecule has 0 aliphatic heterocycles. The van der Waals surface area contributed by atoms with Crippen molar-refractivity contribution >= 4 is 21.6 Å². The molecule has 0 saturated carbocycles. The van der Waals surface area contributed by atoms with Crippen molar-refractivity contribution in [3.8, 4) is 5.75 Å². The van der Waals surface area contributed by atoms with Crippen molar-refractivity contribution in [3.63, 3.8) is 0 Å². The van der Waals surface area contributed by atoms with Crippen molar-refractivity contribution < 1.29 is 22.3 Å². The Hall–Kier alpha value is -2.45. The molecule has 0 aliphatic rings. The molecule has 1 amide bonds. The molecule has 0 radical (unpaired) electrons. The monoisotopic (exact) mass is 422 g/mol. The number of benzene rings is 2. The molecule has 8 heteroatoms. The summed E-state index contributed by atoms with van der Waals surface area (Å²) in [6, 6.07) is 10.3. The second kappa shape index (κ2) is 10.4. The summed E-state index contributed by atoms with van der Waals surface area (Å²) in [6.45, 7) is 6.33. The van der Waals surface area contributed by atoms with Gasteiger partial charge in [-0.15, -0.1) is 0 Å². The first-order valence-corrected chi connectivity index (χ1v) is 11.1. The molecule has 0 fully saturated rings. The summed E-state index contributed by atoms with van der Waals surface area (Å²) in [6.07, 6.45) is 1.86. The highest BCUT2D eigenvalue weighted by molar-refractivity contribution is 7.89. The number of amides is 1. The molecule has 158 valence electrons. The minimum atomic E-state index is -4.03. The topological polar surface area (TPSA) is 75.7 Å². The van der Waals surface area contributed by atoms with E-state index >= 15 is 0 Å². The molecule has 2 aromatic rings. The Morgan fingerprint density at radius 2 is 1.79 bits per heavy atom. The Balaban J connectivity index is 2.30. The molecular weight excluding hydrogens is 395 g/mol. The highest BCUT2D eigenvalue weighted by Crippen LogP contribution is 2.26. The van der Waals surface area contributed by atoms with Gasteiger partial charge in [0.1, 0.15) is 16.5 Å². The Bertz CT molecular complexity index is 943. The second-order valence-electron chi connectivity index (χ2n) is 6.39. The summed E-state index contributed by atoms with van der Waals surface area (Å²) in [7, 11) is -4.03. The number of sulfonamides is 1. The van der Waals surface area contributed by atoms with E-state index in [2.05, 4.69) is 12.2 Å². The summed E-state index contributed by atoms with van der Waals surface area (Å²) in [5.41, 5.74) is 0.506. The van der Waals surface area contributed by atoms with Crippen LogP contribution in [0.25, 0.3) is 0 Å². The lowest BCUT2D eigenvalue weighted by atomic mass is 10.2. The van der Waals surface area contributed by atoms with Crippen molar-refractivity contribution in [1.82, 2.24) is 4.31 Å². The number of unbranched alkanes of at least 4 members (excludes halogenated alkanes) is 1. The summed E-state index contributed by atoms with van der Waals surface area (Å²) >= 11 is 0. The lowest BCUT2D eigenvalue weighted by Gasteiger charge is -2.19. The predicted molar refractivity (Wildman–Crippen MR) is 111 cm³/mol. The van der Waals surface area contributed by atoms with E-state index in [1.54, 1.807) is 38.1 Å². The van der Waals surface area contributed by atoms with Crippen LogP contribution in [0.3, 0.4) is 0 Å². The van der Waals surface area contributed by atoms with Gasteiger partial charge in [-0.3, -0.25) is 4.79 Å². The Kier molecular flexibility index (Phi) is 8.16. The van der Waals surface area contributed by atoms with Gasteiger partial charge >= 0.3 is 0 Å². The number of ether oxygens (including phenoxy) is 1. The summed E-state index contributed by atoms with van der Waals surface area (Å²) in [5.74, 6) is -0.920. The number of halogens is 1. The number of nitrogens with one attached hydrogen (secondary N) is 1. The van der Waals surface area contributed by atoms with E-state index in [-0.39, 0.29) is 18.7 Å². The second-order valence-corrected chi connectivity index (χ2v) is 8.29. The maximum absolute atomic E-state index is 14.3. The van der Waals surface area contributed by atoms with Crippen molar-refractivity contribution in [2.45, 2.75) is 38.5 Å². The molecule has 2 aromatic carbocycles. The van der Waals surface area contributed by atoms with Gasteiger partial charge in [0.05, 0.1) is 12.3 Å². The third-order valence-electron chi connectivity index (χ3n) is 4.41. The molecule has 2 rings (SSSR count). The first kappa shape index (κ1) is 22.8. The Morgan fingerprint density at radius 3 is 2.45 bits per heavy atom. The van der Waals surface area contributed by atoms with Crippen LogP contribution in [0.15, 0.2) is 47.4 Å². The van der Waals surface area contributed by atoms with Crippen LogP contribution in [0.5, 0.6) is 5.75 Å². The van der Waals surface area contributed by atoms with Gasteiger partial charge in [0.25, 0.3) is 5.91 Å². The maximum atomic E-state index is 14.3. The fraction of sp³-hybridized carbons (Fsp3) is 0.381. The standard InChI is InChI=1S/C21H27FN2O4S/c1-4-7-14-28-19-11-9-8-10-18(19)23-21(25)16-12-13-17(22)20(15-16)29(26,27)24(5-2)6-3/h8-13,15H,4-7,14H2,1-3H3,(H,23,25). The minimum absolute atomic E-state index is 0.0421. The zero-order valence-electron chi connectivity index (χ0n) is 16.9. The molecule has 29 heavy (non-hydrogen) atoms. The molecule has 0 atom stereocenters. The molecule has 0 unspecified atom stereocenters. The zero-order chi connectivity index (χ0) is 21.4.